The van der Waals surface area contributed by atoms with Crippen LogP contribution in [0.15, 0.2) is 17.4 Å². The molecule has 0 saturated heterocycles. The van der Waals surface area contributed by atoms with E-state index >= 15 is 0 Å². The number of nitrogens with one attached hydrogen (secondary N) is 1. The number of nitrogens with zero attached hydrogens (tertiary/aromatic N) is 2. The number of halogens is 3. The van der Waals surface area contributed by atoms with Crippen LogP contribution in [0.3, 0.4) is 0 Å². The first-order chi connectivity index (χ1) is 8.96. The van der Waals surface area contributed by atoms with E-state index < -0.39 is 12.8 Å². The molecule has 8 heteroatoms. The molecule has 1 aliphatic heterocycles. The summed E-state index contributed by atoms with van der Waals surface area (Å²) in [6, 6.07) is 1.75. The number of alkyl halides is 3. The Morgan fingerprint density at radius 1 is 1.53 bits per heavy atom. The lowest BCUT2D eigenvalue weighted by molar-refractivity contribution is -0.173. The molecule has 0 unspecified atom stereocenters. The van der Waals surface area contributed by atoms with Crippen molar-refractivity contribution in [2.45, 2.75) is 19.1 Å². The molecule has 0 saturated carbocycles. The molecule has 1 aromatic rings. The zero-order valence-corrected chi connectivity index (χ0v) is 10.00. The number of amidine groups is 1. The lowest BCUT2D eigenvalue weighted by Gasteiger charge is -2.16. The van der Waals surface area contributed by atoms with Crippen LogP contribution in [-0.4, -0.2) is 30.1 Å². The maximum absolute atomic E-state index is 11.9. The molecule has 0 amide bonds. The van der Waals surface area contributed by atoms with E-state index in [1.807, 2.05) is 0 Å². The van der Waals surface area contributed by atoms with Crippen molar-refractivity contribution in [2.75, 3.05) is 13.2 Å². The first kappa shape index (κ1) is 13.6. The lowest BCUT2D eigenvalue weighted by atomic mass is 10.1. The van der Waals surface area contributed by atoms with Crippen LogP contribution in [0.25, 0.3) is 0 Å². The third-order valence-electron chi connectivity index (χ3n) is 2.60. The maximum Gasteiger partial charge on any atom is 0.425 e. The van der Waals surface area contributed by atoms with Crippen LogP contribution in [0, 0.1) is 0 Å². The van der Waals surface area contributed by atoms with Crippen LogP contribution >= 0.6 is 0 Å². The fourth-order valence-corrected chi connectivity index (χ4v) is 1.71. The molecule has 104 valence electrons. The Hall–Kier alpha value is -1.83. The minimum Gasteiger partial charge on any atom is -0.384 e. The summed E-state index contributed by atoms with van der Waals surface area (Å²) < 4.78 is 35.6. The van der Waals surface area contributed by atoms with Gasteiger partial charge in [-0.3, -0.25) is 4.98 Å². The molecule has 2 heterocycles. The van der Waals surface area contributed by atoms with Crippen molar-refractivity contribution in [3.05, 3.63) is 29.1 Å². The summed E-state index contributed by atoms with van der Waals surface area (Å²) in [7, 11) is 0. The van der Waals surface area contributed by atoms with E-state index in [0.29, 0.717) is 12.1 Å². The van der Waals surface area contributed by atoms with E-state index in [-0.39, 0.29) is 5.84 Å². The topological polar surface area (TPSA) is 72.5 Å². The number of nitrogens with two attached hydrogens (primary N) is 1. The number of hydrogen-bond acceptors (Lipinski definition) is 4. The molecule has 0 fully saturated rings. The predicted octanol–water partition coefficient (Wildman–Crippen LogP) is 0.926. The highest BCUT2D eigenvalue weighted by molar-refractivity contribution is 5.96. The van der Waals surface area contributed by atoms with Gasteiger partial charge in [0.05, 0.1) is 0 Å². The van der Waals surface area contributed by atoms with E-state index in [1.54, 1.807) is 6.07 Å². The van der Waals surface area contributed by atoms with Crippen LogP contribution < -0.4 is 11.1 Å². The summed E-state index contributed by atoms with van der Waals surface area (Å²) in [5.41, 5.74) is 7.94. The number of hydrogen-bond donors (Lipinski definition) is 2. The van der Waals surface area contributed by atoms with Crippen molar-refractivity contribution in [1.29, 1.82) is 0 Å². The van der Waals surface area contributed by atoms with Crippen LogP contribution in [0.2, 0.25) is 0 Å². The van der Waals surface area contributed by atoms with Gasteiger partial charge in [0, 0.05) is 37.0 Å². The Morgan fingerprint density at radius 2 is 2.32 bits per heavy atom. The molecule has 1 aromatic heterocycles. The highest BCUT2D eigenvalue weighted by Gasteiger charge is 2.28. The van der Waals surface area contributed by atoms with Crippen molar-refractivity contribution < 1.29 is 18.0 Å². The molecule has 0 bridgehead atoms. The number of oxime groups is 1. The first-order valence-electron chi connectivity index (χ1n) is 5.67. The third-order valence-corrected chi connectivity index (χ3v) is 2.60. The summed E-state index contributed by atoms with van der Waals surface area (Å²) in [5.74, 6) is -0.120. The summed E-state index contributed by atoms with van der Waals surface area (Å²) in [4.78, 5) is 8.37. The van der Waals surface area contributed by atoms with Gasteiger partial charge in [0.25, 0.3) is 0 Å². The van der Waals surface area contributed by atoms with Gasteiger partial charge in [0.2, 0.25) is 6.61 Å². The highest BCUT2D eigenvalue weighted by atomic mass is 19.4. The summed E-state index contributed by atoms with van der Waals surface area (Å²) in [6.45, 7) is 0.0537. The Balaban J connectivity index is 2.06. The molecule has 0 spiro atoms. The number of rotatable bonds is 3. The van der Waals surface area contributed by atoms with Crippen molar-refractivity contribution in [3.63, 3.8) is 0 Å². The Bertz CT molecular complexity index is 487. The fraction of sp³-hybridized carbons (Fsp3) is 0.455. The molecule has 1 aliphatic rings. The molecule has 19 heavy (non-hydrogen) atoms. The quantitative estimate of drug-likeness (QED) is 0.488. The molecule has 0 aromatic carbocycles. The van der Waals surface area contributed by atoms with E-state index in [4.69, 9.17) is 5.73 Å². The molecular weight excluding hydrogens is 261 g/mol. The SMILES string of the molecule is N/C(=N\OCC(F)(F)F)c1cnc2c(c1)CNCC2. The molecular formula is C11H13F3N4O. The van der Waals surface area contributed by atoms with Gasteiger partial charge in [-0.2, -0.15) is 13.2 Å². The Labute approximate surface area is 107 Å². The second-order valence-electron chi connectivity index (χ2n) is 4.12. The zero-order valence-electron chi connectivity index (χ0n) is 10.00. The average Bonchev–Trinajstić information content (AvgIpc) is 2.36. The predicted molar refractivity (Wildman–Crippen MR) is 62.4 cm³/mol. The molecule has 3 N–H and O–H groups in total. The first-order valence-corrected chi connectivity index (χ1v) is 5.67. The summed E-state index contributed by atoms with van der Waals surface area (Å²) in [6.07, 6.45) is -2.13. The van der Waals surface area contributed by atoms with E-state index in [9.17, 15) is 13.2 Å². The molecule has 0 atom stereocenters. The third kappa shape index (κ3) is 3.82. The number of fused-ring (bicyclic) bond motifs is 1. The van der Waals surface area contributed by atoms with Crippen molar-refractivity contribution >= 4 is 5.84 Å². The van der Waals surface area contributed by atoms with Gasteiger partial charge in [0.15, 0.2) is 5.84 Å². The van der Waals surface area contributed by atoms with E-state index in [2.05, 4.69) is 20.3 Å². The second kappa shape index (κ2) is 5.43. The number of pyridine rings is 1. The minimum atomic E-state index is -4.43. The number of aromatic nitrogens is 1. The highest BCUT2D eigenvalue weighted by Crippen LogP contribution is 2.15. The van der Waals surface area contributed by atoms with E-state index in [1.165, 1.54) is 6.20 Å². The van der Waals surface area contributed by atoms with Crippen LogP contribution in [0.4, 0.5) is 13.2 Å². The molecule has 5 nitrogen and oxygen atoms in total. The summed E-state index contributed by atoms with van der Waals surface area (Å²) >= 11 is 0. The monoisotopic (exact) mass is 274 g/mol. The normalized spacial score (nSPS) is 16.1. The van der Waals surface area contributed by atoms with Gasteiger partial charge in [-0.15, -0.1) is 0 Å². The second-order valence-corrected chi connectivity index (χ2v) is 4.12. The van der Waals surface area contributed by atoms with Gasteiger partial charge in [-0.25, -0.2) is 0 Å². The van der Waals surface area contributed by atoms with Gasteiger partial charge in [-0.1, -0.05) is 5.16 Å². The van der Waals surface area contributed by atoms with Crippen molar-refractivity contribution in [3.8, 4) is 0 Å². The van der Waals surface area contributed by atoms with Crippen molar-refractivity contribution in [2.24, 2.45) is 10.9 Å². The zero-order chi connectivity index (χ0) is 13.9. The van der Waals surface area contributed by atoms with E-state index in [0.717, 1.165) is 24.2 Å². The Kier molecular flexibility index (Phi) is 3.89. The van der Waals surface area contributed by atoms with Gasteiger partial charge < -0.3 is 15.9 Å². The molecule has 0 radical (unpaired) electrons. The van der Waals surface area contributed by atoms with Gasteiger partial charge in [-0.05, 0) is 11.6 Å². The van der Waals surface area contributed by atoms with Crippen LogP contribution in [-0.2, 0) is 17.8 Å². The fourth-order valence-electron chi connectivity index (χ4n) is 1.71. The lowest BCUT2D eigenvalue weighted by Crippen LogP contribution is -2.26. The Morgan fingerprint density at radius 3 is 3.05 bits per heavy atom. The standard InChI is InChI=1S/C11H13F3N4O/c12-11(13,14)6-19-18-10(15)8-3-7-4-16-2-1-9(7)17-5-8/h3,5,16H,1-2,4,6H2,(H2,15,18). The summed E-state index contributed by atoms with van der Waals surface area (Å²) in [5, 5.41) is 6.41. The van der Waals surface area contributed by atoms with Crippen LogP contribution in [0.5, 0.6) is 0 Å². The van der Waals surface area contributed by atoms with Gasteiger partial charge in [0.1, 0.15) is 0 Å². The molecule has 0 aliphatic carbocycles. The van der Waals surface area contributed by atoms with Crippen LogP contribution in [0.1, 0.15) is 16.8 Å². The average molecular weight is 274 g/mol. The minimum absolute atomic E-state index is 0.120. The molecule has 2 rings (SSSR count). The van der Waals surface area contributed by atoms with Gasteiger partial charge >= 0.3 is 6.18 Å². The largest absolute Gasteiger partial charge is 0.425 e. The smallest absolute Gasteiger partial charge is 0.384 e. The maximum atomic E-state index is 11.9. The van der Waals surface area contributed by atoms with Crippen molar-refractivity contribution in [1.82, 2.24) is 10.3 Å².